The summed E-state index contributed by atoms with van der Waals surface area (Å²) in [4.78, 5) is 17.0. The maximum absolute atomic E-state index is 16.0. The lowest BCUT2D eigenvalue weighted by Crippen LogP contribution is -1.89. The predicted molar refractivity (Wildman–Crippen MR) is 175 cm³/mol. The normalized spacial score (nSPS) is 12.1. The summed E-state index contributed by atoms with van der Waals surface area (Å²) in [6, 6.07) is 38.3. The first-order valence-electron chi connectivity index (χ1n) is 14.2. The minimum absolute atomic E-state index is 0.280. The van der Waals surface area contributed by atoms with E-state index in [1.54, 1.807) is 12.1 Å². The Morgan fingerprint density at radius 3 is 1.12 bits per heavy atom. The summed E-state index contributed by atoms with van der Waals surface area (Å²) in [5.74, 6) is -0.410. The fraction of sp³-hybridized carbons (Fsp3) is 0. The van der Waals surface area contributed by atoms with Crippen molar-refractivity contribution in [1.29, 1.82) is 0 Å². The Morgan fingerprint density at radius 1 is 0.372 bits per heavy atom. The van der Waals surface area contributed by atoms with Crippen LogP contribution in [-0.2, 0) is 0 Å². The molecular weight excluding hydrogens is 531 g/mol. The molecule has 5 heteroatoms. The molecule has 0 radical (unpaired) electrons. The van der Waals surface area contributed by atoms with Gasteiger partial charge in [0, 0.05) is 33.2 Å². The summed E-state index contributed by atoms with van der Waals surface area (Å²) in [5.41, 5.74) is 11.4. The van der Waals surface area contributed by atoms with Gasteiger partial charge in [-0.3, -0.25) is 0 Å². The van der Waals surface area contributed by atoms with Crippen molar-refractivity contribution in [3.63, 3.8) is 0 Å². The van der Waals surface area contributed by atoms with Crippen LogP contribution in [0.1, 0.15) is 22.8 Å². The van der Waals surface area contributed by atoms with Crippen molar-refractivity contribution in [2.24, 2.45) is 0 Å². The molecule has 0 saturated carbocycles. The molecule has 8 rings (SSSR count). The Labute approximate surface area is 247 Å². The molecule has 3 aromatic heterocycles. The number of fused-ring (bicyclic) bond motifs is 8. The molecule has 3 aromatic carbocycles. The number of rotatable bonds is 3. The Morgan fingerprint density at radius 2 is 0.698 bits per heavy atom. The zero-order chi connectivity index (χ0) is 28.8. The molecule has 8 bridgehead atoms. The molecule has 0 saturated heterocycles. The van der Waals surface area contributed by atoms with Crippen molar-refractivity contribution in [2.75, 3.05) is 0 Å². The van der Waals surface area contributed by atoms with Gasteiger partial charge in [-0.25, -0.2) is 14.4 Å². The topological polar surface area (TPSA) is 57.4 Å². The van der Waals surface area contributed by atoms with Crippen LogP contribution >= 0.6 is 0 Å². The van der Waals surface area contributed by atoms with Crippen molar-refractivity contribution < 1.29 is 4.39 Å². The lowest BCUT2D eigenvalue weighted by molar-refractivity contribution is 0.629. The Bertz CT molecular complexity index is 2190. The van der Waals surface area contributed by atoms with Crippen molar-refractivity contribution in [3.05, 3.63) is 144 Å². The third kappa shape index (κ3) is 4.39. The molecule has 2 N–H and O–H groups in total. The van der Waals surface area contributed by atoms with E-state index in [1.165, 1.54) is 0 Å². The number of aromatic nitrogens is 4. The fourth-order valence-corrected chi connectivity index (χ4v) is 5.90. The quantitative estimate of drug-likeness (QED) is 0.228. The van der Waals surface area contributed by atoms with Gasteiger partial charge >= 0.3 is 0 Å². The smallest absolute Gasteiger partial charge is 0.172 e. The highest BCUT2D eigenvalue weighted by atomic mass is 19.1. The summed E-state index contributed by atoms with van der Waals surface area (Å²) < 4.78 is 16.0. The van der Waals surface area contributed by atoms with Crippen LogP contribution < -0.4 is 0 Å². The van der Waals surface area contributed by atoms with Gasteiger partial charge in [-0.2, -0.15) is 0 Å². The highest BCUT2D eigenvalue weighted by Gasteiger charge is 2.17. The van der Waals surface area contributed by atoms with Gasteiger partial charge in [-0.15, -0.1) is 0 Å². The monoisotopic (exact) mass is 556 g/mol. The molecule has 4 nitrogen and oxygen atoms in total. The van der Waals surface area contributed by atoms with Gasteiger partial charge in [0.2, 0.25) is 0 Å². The molecule has 204 valence electrons. The molecule has 0 spiro atoms. The predicted octanol–water partition coefficient (Wildman–Crippen LogP) is 9.80. The first kappa shape index (κ1) is 24.9. The van der Waals surface area contributed by atoms with Crippen LogP contribution in [0.3, 0.4) is 0 Å². The second-order valence-corrected chi connectivity index (χ2v) is 10.5. The van der Waals surface area contributed by atoms with Gasteiger partial charge in [0.05, 0.1) is 22.6 Å². The second-order valence-electron chi connectivity index (χ2n) is 10.5. The van der Waals surface area contributed by atoms with Gasteiger partial charge < -0.3 is 9.97 Å². The van der Waals surface area contributed by atoms with Gasteiger partial charge in [-0.05, 0) is 65.3 Å². The van der Waals surface area contributed by atoms with Crippen molar-refractivity contribution in [2.45, 2.75) is 0 Å². The Hall–Kier alpha value is -5.81. The molecule has 0 atom stereocenters. The van der Waals surface area contributed by atoms with Crippen molar-refractivity contribution >= 4 is 46.4 Å². The minimum Gasteiger partial charge on any atom is -0.354 e. The average molecular weight is 557 g/mol. The summed E-state index contributed by atoms with van der Waals surface area (Å²) in [6.45, 7) is 0. The average Bonchev–Trinajstić information content (AvgIpc) is 3.88. The number of hydrogen-bond acceptors (Lipinski definition) is 2. The van der Waals surface area contributed by atoms with E-state index in [4.69, 9.17) is 9.97 Å². The second kappa shape index (κ2) is 10.2. The Balaban J connectivity index is 1.56. The zero-order valence-electron chi connectivity index (χ0n) is 23.1. The van der Waals surface area contributed by atoms with Crippen LogP contribution in [0.25, 0.3) is 79.8 Å². The lowest BCUT2D eigenvalue weighted by Gasteiger charge is -2.06. The highest BCUT2D eigenvalue weighted by Crippen LogP contribution is 2.36. The van der Waals surface area contributed by atoms with Crippen LogP contribution in [0, 0.1) is 5.82 Å². The molecule has 6 aromatic rings. The van der Waals surface area contributed by atoms with Gasteiger partial charge in [0.15, 0.2) is 5.82 Å². The van der Waals surface area contributed by atoms with E-state index >= 15 is 4.39 Å². The van der Waals surface area contributed by atoms with Crippen LogP contribution in [0.2, 0.25) is 0 Å². The van der Waals surface area contributed by atoms with Crippen molar-refractivity contribution in [1.82, 2.24) is 19.9 Å². The zero-order valence-corrected chi connectivity index (χ0v) is 23.1. The summed E-state index contributed by atoms with van der Waals surface area (Å²) in [6.07, 6.45) is 7.72. The number of nitrogens with one attached hydrogen (secondary N) is 2. The standard InChI is InChI=1S/C38H25FN4/c39-38-33-22-20-31(42-33)36(25-12-6-2-7-13-25)29-18-16-27(40-29)35(24-10-4-1-5-11-24)28-17-19-30(41-28)37(26-14-8-3-9-15-26)32-21-23-34(38)43-32/h1-23,40,43H. The number of H-pyrrole nitrogens is 2. The molecule has 2 aliphatic heterocycles. The lowest BCUT2D eigenvalue weighted by atomic mass is 10.0. The van der Waals surface area contributed by atoms with E-state index < -0.39 is 5.82 Å². The summed E-state index contributed by atoms with van der Waals surface area (Å²) in [7, 11) is 0. The first-order chi connectivity index (χ1) is 21.2. The molecule has 0 aliphatic carbocycles. The molecule has 0 fully saturated rings. The van der Waals surface area contributed by atoms with Crippen LogP contribution in [0.4, 0.5) is 4.39 Å². The third-order valence-electron chi connectivity index (χ3n) is 7.88. The van der Waals surface area contributed by atoms with E-state index in [0.29, 0.717) is 11.2 Å². The van der Waals surface area contributed by atoms with Gasteiger partial charge in [0.1, 0.15) is 5.69 Å². The van der Waals surface area contributed by atoms with Gasteiger partial charge in [-0.1, -0.05) is 91.0 Å². The number of benzene rings is 3. The number of nitrogens with zero attached hydrogens (tertiary/aromatic N) is 2. The fourth-order valence-electron chi connectivity index (χ4n) is 5.90. The molecule has 0 unspecified atom stereocenters. The SMILES string of the molecule is Fc1c2nc(c(-c3ccccc3)c3ccc([nH]3)c(-c3ccccc3)c3nc(c(-c4ccccc4)c4ccc1[nH]4)C=C3)C=C2. The Kier molecular flexibility index (Phi) is 5.93. The molecule has 0 amide bonds. The largest absolute Gasteiger partial charge is 0.354 e. The van der Waals surface area contributed by atoms with E-state index in [0.717, 1.165) is 61.3 Å². The first-order valence-corrected chi connectivity index (χ1v) is 14.2. The molecule has 2 aliphatic rings. The maximum atomic E-state index is 16.0. The highest BCUT2D eigenvalue weighted by molar-refractivity contribution is 5.97. The number of hydrogen-bond donors (Lipinski definition) is 2. The van der Waals surface area contributed by atoms with Crippen LogP contribution in [-0.4, -0.2) is 19.9 Å². The van der Waals surface area contributed by atoms with E-state index in [1.807, 2.05) is 97.1 Å². The minimum atomic E-state index is -0.410. The van der Waals surface area contributed by atoms with Gasteiger partial charge in [0.25, 0.3) is 0 Å². The number of aromatic amines is 2. The van der Waals surface area contributed by atoms with E-state index in [-0.39, 0.29) is 5.69 Å². The molecule has 5 heterocycles. The van der Waals surface area contributed by atoms with E-state index in [9.17, 15) is 0 Å². The molecular formula is C38H25FN4. The van der Waals surface area contributed by atoms with E-state index in [2.05, 4.69) is 40.3 Å². The van der Waals surface area contributed by atoms with Crippen LogP contribution in [0.15, 0.2) is 115 Å². The number of halogens is 1. The summed E-state index contributed by atoms with van der Waals surface area (Å²) >= 11 is 0. The third-order valence-corrected chi connectivity index (χ3v) is 7.88. The summed E-state index contributed by atoms with van der Waals surface area (Å²) in [5, 5.41) is 0. The van der Waals surface area contributed by atoms with Crippen LogP contribution in [0.5, 0.6) is 0 Å². The molecule has 43 heavy (non-hydrogen) atoms. The maximum Gasteiger partial charge on any atom is 0.172 e. The van der Waals surface area contributed by atoms with Crippen molar-refractivity contribution in [3.8, 4) is 33.4 Å².